The number of piperazine rings is 1. The number of aromatic nitrogens is 2. The first-order valence-electron chi connectivity index (χ1n) is 9.60. The molecular formula is C20H25FN6O3. The highest BCUT2D eigenvalue weighted by atomic mass is 19.1. The summed E-state index contributed by atoms with van der Waals surface area (Å²) in [7, 11) is 1.84. The second kappa shape index (κ2) is 9.49. The van der Waals surface area contributed by atoms with Gasteiger partial charge in [0.2, 0.25) is 11.9 Å². The molecule has 2 aromatic rings. The number of nitrogens with one attached hydrogen (secondary N) is 1. The maximum absolute atomic E-state index is 13.2. The van der Waals surface area contributed by atoms with Crippen LogP contribution in [0.2, 0.25) is 0 Å². The number of aryl methyl sites for hydroxylation is 1. The van der Waals surface area contributed by atoms with E-state index < -0.39 is 6.04 Å². The monoisotopic (exact) mass is 416 g/mol. The summed E-state index contributed by atoms with van der Waals surface area (Å²) in [4.78, 5) is 36.9. The van der Waals surface area contributed by atoms with Crippen molar-refractivity contribution in [3.05, 3.63) is 47.5 Å². The minimum atomic E-state index is -0.503. The van der Waals surface area contributed by atoms with Crippen molar-refractivity contribution < 1.29 is 18.7 Å². The Morgan fingerprint density at radius 1 is 1.30 bits per heavy atom. The first-order chi connectivity index (χ1) is 14.3. The second-order valence-electron chi connectivity index (χ2n) is 7.10. The SMILES string of the molecule is Cc1cc(C(=O)N2CCN(C)[C@@H](C(=O)NCCOc3cccc(F)c3)C2)nc(N)n1. The van der Waals surface area contributed by atoms with E-state index in [1.54, 1.807) is 30.0 Å². The summed E-state index contributed by atoms with van der Waals surface area (Å²) in [6, 6.07) is 6.89. The number of carbonyl (C=O) groups excluding carboxylic acids is 2. The highest BCUT2D eigenvalue weighted by Crippen LogP contribution is 2.13. The maximum atomic E-state index is 13.2. The number of nitrogens with zero attached hydrogens (tertiary/aromatic N) is 4. The third-order valence-corrected chi connectivity index (χ3v) is 4.79. The van der Waals surface area contributed by atoms with Gasteiger partial charge < -0.3 is 20.7 Å². The smallest absolute Gasteiger partial charge is 0.272 e. The van der Waals surface area contributed by atoms with Gasteiger partial charge in [0, 0.05) is 31.4 Å². The number of hydrogen-bond donors (Lipinski definition) is 2. The summed E-state index contributed by atoms with van der Waals surface area (Å²) < 4.78 is 18.6. The maximum Gasteiger partial charge on any atom is 0.272 e. The van der Waals surface area contributed by atoms with Gasteiger partial charge in [0.25, 0.3) is 5.91 Å². The number of halogens is 1. The van der Waals surface area contributed by atoms with Gasteiger partial charge in [0.05, 0.1) is 6.54 Å². The van der Waals surface area contributed by atoms with Crippen molar-refractivity contribution in [2.75, 3.05) is 45.6 Å². The minimum Gasteiger partial charge on any atom is -0.492 e. The molecule has 1 aliphatic rings. The van der Waals surface area contributed by atoms with Crippen LogP contribution in [-0.2, 0) is 4.79 Å². The number of ether oxygens (including phenoxy) is 1. The molecule has 1 aromatic heterocycles. The number of nitrogens with two attached hydrogens (primary N) is 1. The zero-order chi connectivity index (χ0) is 21.7. The lowest BCUT2D eigenvalue weighted by molar-refractivity contribution is -0.127. The Morgan fingerprint density at radius 3 is 2.83 bits per heavy atom. The predicted molar refractivity (Wildman–Crippen MR) is 108 cm³/mol. The molecule has 0 bridgehead atoms. The number of nitrogen functional groups attached to an aromatic ring is 1. The van der Waals surface area contributed by atoms with E-state index in [4.69, 9.17) is 10.5 Å². The Balaban J connectivity index is 1.54. The molecule has 2 heterocycles. The van der Waals surface area contributed by atoms with Crippen molar-refractivity contribution in [3.8, 4) is 5.75 Å². The van der Waals surface area contributed by atoms with Crippen LogP contribution < -0.4 is 15.8 Å². The number of anilines is 1. The van der Waals surface area contributed by atoms with Crippen molar-refractivity contribution in [2.24, 2.45) is 0 Å². The van der Waals surface area contributed by atoms with E-state index in [-0.39, 0.29) is 49.0 Å². The number of benzene rings is 1. The Bertz CT molecular complexity index is 905. The van der Waals surface area contributed by atoms with Gasteiger partial charge >= 0.3 is 0 Å². The molecule has 2 amide bonds. The van der Waals surface area contributed by atoms with Crippen LogP contribution in [0.25, 0.3) is 0 Å². The van der Waals surface area contributed by atoms with E-state index in [1.807, 2.05) is 11.9 Å². The summed E-state index contributed by atoms with van der Waals surface area (Å²) in [6.07, 6.45) is 0. The van der Waals surface area contributed by atoms with E-state index in [1.165, 1.54) is 12.1 Å². The molecule has 1 aromatic carbocycles. The number of likely N-dealkylation sites (N-methyl/N-ethyl adjacent to an activating group) is 1. The van der Waals surface area contributed by atoms with Crippen molar-refractivity contribution >= 4 is 17.8 Å². The van der Waals surface area contributed by atoms with Crippen LogP contribution in [0.3, 0.4) is 0 Å². The van der Waals surface area contributed by atoms with Crippen LogP contribution in [0.5, 0.6) is 5.75 Å². The van der Waals surface area contributed by atoms with E-state index in [0.29, 0.717) is 24.5 Å². The van der Waals surface area contributed by atoms with E-state index in [0.717, 1.165) is 0 Å². The summed E-state index contributed by atoms with van der Waals surface area (Å²) in [5, 5.41) is 2.80. The number of hydrogen-bond acceptors (Lipinski definition) is 7. The van der Waals surface area contributed by atoms with Crippen LogP contribution in [0, 0.1) is 12.7 Å². The fourth-order valence-electron chi connectivity index (χ4n) is 3.22. The molecule has 1 fully saturated rings. The van der Waals surface area contributed by atoms with Gasteiger partial charge in [-0.3, -0.25) is 14.5 Å². The summed E-state index contributed by atoms with van der Waals surface area (Å²) in [6.45, 7) is 3.45. The predicted octanol–water partition coefficient (Wildman–Crippen LogP) is 0.458. The van der Waals surface area contributed by atoms with Crippen molar-refractivity contribution in [3.63, 3.8) is 0 Å². The first kappa shape index (κ1) is 21.4. The van der Waals surface area contributed by atoms with Gasteiger partial charge in [-0.05, 0) is 32.2 Å². The average Bonchev–Trinajstić information content (AvgIpc) is 2.70. The lowest BCUT2D eigenvalue weighted by atomic mass is 10.1. The third kappa shape index (κ3) is 5.41. The molecule has 9 nitrogen and oxygen atoms in total. The van der Waals surface area contributed by atoms with Gasteiger partial charge in [-0.1, -0.05) is 6.07 Å². The van der Waals surface area contributed by atoms with E-state index in [2.05, 4.69) is 15.3 Å². The van der Waals surface area contributed by atoms with Crippen molar-refractivity contribution in [1.29, 1.82) is 0 Å². The molecule has 0 unspecified atom stereocenters. The van der Waals surface area contributed by atoms with Crippen molar-refractivity contribution in [1.82, 2.24) is 25.1 Å². The van der Waals surface area contributed by atoms with Gasteiger partial charge in [-0.15, -0.1) is 0 Å². The van der Waals surface area contributed by atoms with Gasteiger partial charge in [-0.25, -0.2) is 14.4 Å². The van der Waals surface area contributed by atoms with Crippen LogP contribution in [0.4, 0.5) is 10.3 Å². The molecule has 1 aliphatic heterocycles. The lowest BCUT2D eigenvalue weighted by Gasteiger charge is -2.38. The molecule has 0 saturated carbocycles. The van der Waals surface area contributed by atoms with Crippen molar-refractivity contribution in [2.45, 2.75) is 13.0 Å². The highest BCUT2D eigenvalue weighted by Gasteiger charge is 2.33. The Kier molecular flexibility index (Phi) is 6.78. The van der Waals surface area contributed by atoms with E-state index in [9.17, 15) is 14.0 Å². The Morgan fingerprint density at radius 2 is 2.10 bits per heavy atom. The standard InChI is InChI=1S/C20H25FN6O3/c1-13-10-16(25-20(22)24-13)19(29)27-8-7-26(2)17(12-27)18(28)23-6-9-30-15-5-3-4-14(21)11-15/h3-5,10-11,17H,6-9,12H2,1-2H3,(H,23,28)(H2,22,24,25)/t17-/m1/s1. The molecule has 3 rings (SSSR count). The van der Waals surface area contributed by atoms with Gasteiger partial charge in [0.1, 0.15) is 29.9 Å². The lowest BCUT2D eigenvalue weighted by Crippen LogP contribution is -2.59. The summed E-state index contributed by atoms with van der Waals surface area (Å²) in [5.74, 6) is -0.440. The van der Waals surface area contributed by atoms with Gasteiger partial charge in [0.15, 0.2) is 0 Å². The van der Waals surface area contributed by atoms with Crippen LogP contribution in [-0.4, -0.2) is 77.5 Å². The Hall–Kier alpha value is -3.27. The molecule has 0 radical (unpaired) electrons. The topological polar surface area (TPSA) is 114 Å². The summed E-state index contributed by atoms with van der Waals surface area (Å²) >= 11 is 0. The van der Waals surface area contributed by atoms with E-state index >= 15 is 0 Å². The minimum absolute atomic E-state index is 0.0417. The van der Waals surface area contributed by atoms with Gasteiger partial charge in [-0.2, -0.15) is 0 Å². The number of rotatable bonds is 6. The zero-order valence-electron chi connectivity index (χ0n) is 17.0. The molecule has 160 valence electrons. The molecular weight excluding hydrogens is 391 g/mol. The van der Waals surface area contributed by atoms with Crippen LogP contribution >= 0.6 is 0 Å². The average molecular weight is 416 g/mol. The number of amides is 2. The third-order valence-electron chi connectivity index (χ3n) is 4.79. The molecule has 1 saturated heterocycles. The Labute approximate surface area is 174 Å². The molecule has 1 atom stereocenters. The quantitative estimate of drug-likeness (QED) is 0.658. The molecule has 10 heteroatoms. The first-order valence-corrected chi connectivity index (χ1v) is 9.60. The molecule has 30 heavy (non-hydrogen) atoms. The molecule has 0 spiro atoms. The fraction of sp³-hybridized carbons (Fsp3) is 0.400. The zero-order valence-corrected chi connectivity index (χ0v) is 17.0. The van der Waals surface area contributed by atoms with Crippen LogP contribution in [0.15, 0.2) is 30.3 Å². The highest BCUT2D eigenvalue weighted by molar-refractivity contribution is 5.93. The normalized spacial score (nSPS) is 16.9. The largest absolute Gasteiger partial charge is 0.492 e. The summed E-state index contributed by atoms with van der Waals surface area (Å²) in [5.41, 5.74) is 6.46. The van der Waals surface area contributed by atoms with Crippen LogP contribution in [0.1, 0.15) is 16.2 Å². The number of carbonyl (C=O) groups is 2. The molecule has 3 N–H and O–H groups in total. The molecule has 0 aliphatic carbocycles. The fourth-order valence-corrected chi connectivity index (χ4v) is 3.22. The second-order valence-corrected chi connectivity index (χ2v) is 7.10.